The van der Waals surface area contributed by atoms with Gasteiger partial charge in [-0.05, 0) is 30.7 Å². The summed E-state index contributed by atoms with van der Waals surface area (Å²) >= 11 is 1.66. The Balaban J connectivity index is 1.77. The predicted molar refractivity (Wildman–Crippen MR) is 151 cm³/mol. The molecule has 38 heavy (non-hydrogen) atoms. The molecule has 3 heterocycles. The van der Waals surface area contributed by atoms with Crippen LogP contribution >= 0.6 is 11.8 Å². The molecule has 3 aliphatic heterocycles. The second-order valence-electron chi connectivity index (χ2n) is 11.3. The Morgan fingerprint density at radius 2 is 1.87 bits per heavy atom. The first-order valence-electron chi connectivity index (χ1n) is 13.6. The first kappa shape index (κ1) is 28.4. The maximum absolute atomic E-state index is 14.5. The molecule has 7 nitrogen and oxygen atoms in total. The van der Waals surface area contributed by atoms with Crippen LogP contribution in [0.15, 0.2) is 55.6 Å². The number of hydrogen-bond acceptors (Lipinski definition) is 5. The van der Waals surface area contributed by atoms with Gasteiger partial charge in [0.1, 0.15) is 6.04 Å². The van der Waals surface area contributed by atoms with E-state index in [0.717, 1.165) is 12.0 Å². The third-order valence-corrected chi connectivity index (χ3v) is 10.2. The molecule has 2 bridgehead atoms. The summed E-state index contributed by atoms with van der Waals surface area (Å²) in [4.78, 5) is 47.5. The van der Waals surface area contributed by atoms with Crippen LogP contribution in [0.3, 0.4) is 0 Å². The van der Waals surface area contributed by atoms with Crippen LogP contribution in [0, 0.1) is 17.8 Å². The van der Waals surface area contributed by atoms with Gasteiger partial charge in [-0.3, -0.25) is 14.4 Å². The Morgan fingerprint density at radius 3 is 2.47 bits per heavy atom. The Bertz CT molecular complexity index is 1060. The number of carbonyl (C=O) groups is 3. The second-order valence-corrected chi connectivity index (χ2v) is 12.9. The van der Waals surface area contributed by atoms with Gasteiger partial charge in [0, 0.05) is 31.9 Å². The monoisotopic (exact) mass is 539 g/mol. The van der Waals surface area contributed by atoms with Gasteiger partial charge in [-0.1, -0.05) is 56.3 Å². The van der Waals surface area contributed by atoms with Gasteiger partial charge < -0.3 is 19.8 Å². The Hall–Kier alpha value is -2.58. The number of likely N-dealkylation sites (tertiary alicyclic amines) is 1. The number of amides is 3. The molecule has 0 aromatic heterocycles. The molecule has 4 rings (SSSR count). The zero-order valence-corrected chi connectivity index (χ0v) is 23.6. The van der Waals surface area contributed by atoms with Crippen LogP contribution in [-0.2, 0) is 20.9 Å². The van der Waals surface area contributed by atoms with Crippen molar-refractivity contribution in [3.05, 3.63) is 61.2 Å². The largest absolute Gasteiger partial charge is 0.394 e. The number of hydrogen-bond donors (Lipinski definition) is 1. The van der Waals surface area contributed by atoms with Gasteiger partial charge in [0.2, 0.25) is 17.7 Å². The van der Waals surface area contributed by atoms with Gasteiger partial charge in [0.25, 0.3) is 0 Å². The molecule has 1 aromatic carbocycles. The summed E-state index contributed by atoms with van der Waals surface area (Å²) in [5.74, 6) is -1.20. The highest BCUT2D eigenvalue weighted by molar-refractivity contribution is 8.02. The minimum atomic E-state index is -0.739. The van der Waals surface area contributed by atoms with Crippen LogP contribution in [0.2, 0.25) is 0 Å². The summed E-state index contributed by atoms with van der Waals surface area (Å²) in [6.07, 6.45) is 5.47. The number of rotatable bonds is 12. The van der Waals surface area contributed by atoms with Gasteiger partial charge in [-0.15, -0.1) is 24.9 Å². The van der Waals surface area contributed by atoms with Crippen molar-refractivity contribution >= 4 is 29.5 Å². The minimum absolute atomic E-state index is 0.000758. The smallest absolute Gasteiger partial charge is 0.247 e. The molecular weight excluding hydrogens is 498 g/mol. The standard InChI is InChI=1S/C30H41N3O4S/c1-6-15-31(5)27(35)24-23-13-14-30(38-23)25(24)28(36)33(22(19-34)17-20(3)4)26(30)29(37)32(16-7-2)18-21-11-9-8-10-12-21/h6-12,20,22-26,34H,1-2,13-19H2,3-5H3/t22-,23+,24-,25+,26?,30?/m1/s1. The third-order valence-electron chi connectivity index (χ3n) is 8.26. The van der Waals surface area contributed by atoms with Crippen molar-refractivity contribution in [2.75, 3.05) is 26.7 Å². The summed E-state index contributed by atoms with van der Waals surface area (Å²) in [7, 11) is 1.74. The van der Waals surface area contributed by atoms with Gasteiger partial charge in [-0.25, -0.2) is 0 Å². The molecule has 3 aliphatic rings. The van der Waals surface area contributed by atoms with Crippen molar-refractivity contribution in [3.8, 4) is 0 Å². The lowest BCUT2D eigenvalue weighted by Gasteiger charge is -2.40. The normalized spacial score (nSPS) is 28.3. The van der Waals surface area contributed by atoms with Crippen LogP contribution in [0.1, 0.15) is 38.7 Å². The van der Waals surface area contributed by atoms with E-state index in [2.05, 4.69) is 27.0 Å². The van der Waals surface area contributed by atoms with E-state index in [9.17, 15) is 19.5 Å². The van der Waals surface area contributed by atoms with Gasteiger partial charge in [0.05, 0.1) is 29.2 Å². The van der Waals surface area contributed by atoms with Gasteiger partial charge >= 0.3 is 0 Å². The maximum Gasteiger partial charge on any atom is 0.247 e. The third kappa shape index (κ3) is 4.93. The van der Waals surface area contributed by atoms with E-state index < -0.39 is 28.7 Å². The number of aliphatic hydroxyl groups excluding tert-OH is 1. The second kappa shape index (κ2) is 11.7. The molecule has 1 N–H and O–H groups in total. The highest BCUT2D eigenvalue weighted by Gasteiger charge is 2.74. The van der Waals surface area contributed by atoms with Crippen molar-refractivity contribution in [2.45, 2.75) is 61.7 Å². The number of benzene rings is 1. The average molecular weight is 540 g/mol. The molecule has 1 spiro atoms. The maximum atomic E-state index is 14.5. The quantitative estimate of drug-likeness (QED) is 0.412. The molecule has 0 radical (unpaired) electrons. The molecule has 3 saturated heterocycles. The molecule has 6 atom stereocenters. The lowest BCUT2D eigenvalue weighted by atomic mass is 9.70. The van der Waals surface area contributed by atoms with Crippen LogP contribution in [0.5, 0.6) is 0 Å². The van der Waals surface area contributed by atoms with Crippen molar-refractivity contribution in [3.63, 3.8) is 0 Å². The molecule has 0 aliphatic carbocycles. The van der Waals surface area contributed by atoms with Crippen molar-refractivity contribution < 1.29 is 19.5 Å². The fraction of sp³-hybridized carbons (Fsp3) is 0.567. The molecule has 2 unspecified atom stereocenters. The molecule has 8 heteroatoms. The SMILES string of the molecule is C=CCN(C)C(=O)[C@@H]1[C@@H]2CCC3(S2)C(C(=O)N(CC=C)Cc2ccccc2)N([C@@H](CO)CC(C)C)C(=O)[C@H]13. The molecule has 3 amide bonds. The van der Waals surface area contributed by atoms with Crippen LogP contribution in [0.25, 0.3) is 0 Å². The van der Waals surface area contributed by atoms with E-state index >= 15 is 0 Å². The fourth-order valence-electron chi connectivity index (χ4n) is 6.77. The van der Waals surface area contributed by atoms with Gasteiger partial charge in [-0.2, -0.15) is 0 Å². The molecule has 3 fully saturated rings. The van der Waals surface area contributed by atoms with Crippen LogP contribution < -0.4 is 0 Å². The predicted octanol–water partition coefficient (Wildman–Crippen LogP) is 3.34. The van der Waals surface area contributed by atoms with Gasteiger partial charge in [0.15, 0.2) is 0 Å². The number of likely N-dealkylation sites (N-methyl/N-ethyl adjacent to an activating group) is 1. The highest BCUT2D eigenvalue weighted by atomic mass is 32.2. The van der Waals surface area contributed by atoms with Crippen molar-refractivity contribution in [2.24, 2.45) is 17.8 Å². The van der Waals surface area contributed by atoms with E-state index in [-0.39, 0.29) is 35.5 Å². The van der Waals surface area contributed by atoms with Crippen molar-refractivity contribution in [1.82, 2.24) is 14.7 Å². The van der Waals surface area contributed by atoms with E-state index in [4.69, 9.17) is 0 Å². The average Bonchev–Trinajstić information content (AvgIpc) is 3.54. The first-order chi connectivity index (χ1) is 18.2. The lowest BCUT2D eigenvalue weighted by Crippen LogP contribution is -2.57. The number of carbonyl (C=O) groups excluding carboxylic acids is 3. The summed E-state index contributed by atoms with van der Waals surface area (Å²) in [6.45, 7) is 12.7. The molecular formula is C30H41N3O4S. The zero-order valence-electron chi connectivity index (χ0n) is 22.8. The number of thioether (sulfide) groups is 1. The Labute approximate surface area is 230 Å². The topological polar surface area (TPSA) is 81.2 Å². The molecule has 1 aromatic rings. The Kier molecular flexibility index (Phi) is 8.72. The zero-order chi connectivity index (χ0) is 27.6. The summed E-state index contributed by atoms with van der Waals surface area (Å²) in [5.41, 5.74) is 0.996. The Morgan fingerprint density at radius 1 is 1.18 bits per heavy atom. The van der Waals surface area contributed by atoms with E-state index in [1.165, 1.54) is 0 Å². The fourth-order valence-corrected chi connectivity index (χ4v) is 8.96. The lowest BCUT2D eigenvalue weighted by molar-refractivity contribution is -0.147. The van der Waals surface area contributed by atoms with E-state index in [1.807, 2.05) is 30.3 Å². The number of aliphatic hydroxyl groups is 1. The molecule has 0 saturated carbocycles. The summed E-state index contributed by atoms with van der Waals surface area (Å²) in [6, 6.07) is 8.57. The first-order valence-corrected chi connectivity index (χ1v) is 14.5. The minimum Gasteiger partial charge on any atom is -0.394 e. The molecule has 206 valence electrons. The van der Waals surface area contributed by atoms with Crippen LogP contribution in [-0.4, -0.2) is 86.4 Å². The number of fused-ring (bicyclic) bond motifs is 1. The number of nitrogens with zero attached hydrogens (tertiary/aromatic N) is 3. The van der Waals surface area contributed by atoms with Crippen LogP contribution in [0.4, 0.5) is 0 Å². The highest BCUT2D eigenvalue weighted by Crippen LogP contribution is 2.67. The summed E-state index contributed by atoms with van der Waals surface area (Å²) in [5, 5.41) is 10.5. The van der Waals surface area contributed by atoms with Crippen molar-refractivity contribution in [1.29, 1.82) is 0 Å². The van der Waals surface area contributed by atoms with E-state index in [0.29, 0.717) is 32.5 Å². The summed E-state index contributed by atoms with van der Waals surface area (Å²) < 4.78 is -0.686. The van der Waals surface area contributed by atoms with E-state index in [1.54, 1.807) is 45.7 Å².